The maximum atomic E-state index is 12.1. The summed E-state index contributed by atoms with van der Waals surface area (Å²) in [5, 5.41) is 9.70. The first kappa shape index (κ1) is 16.3. The Morgan fingerprint density at radius 2 is 1.36 bits per heavy atom. The van der Waals surface area contributed by atoms with Crippen molar-refractivity contribution in [2.24, 2.45) is 0 Å². The molecule has 2 heteroatoms. The van der Waals surface area contributed by atoms with Gasteiger partial charge in [-0.25, -0.2) is 0 Å². The maximum absolute atomic E-state index is 12.1. The van der Waals surface area contributed by atoms with Gasteiger partial charge in [0.15, 0.2) is 5.78 Å². The van der Waals surface area contributed by atoms with Gasteiger partial charge in [-0.05, 0) is 48.0 Å². The van der Waals surface area contributed by atoms with Crippen molar-refractivity contribution in [1.29, 1.82) is 0 Å². The fourth-order valence-electron chi connectivity index (χ4n) is 2.29. The molecular weight excluding hydrogens is 308 g/mol. The van der Waals surface area contributed by atoms with Crippen molar-refractivity contribution in [2.45, 2.75) is 0 Å². The molecule has 0 bridgehead atoms. The van der Waals surface area contributed by atoms with Gasteiger partial charge < -0.3 is 5.11 Å². The van der Waals surface area contributed by atoms with Gasteiger partial charge in [0.05, 0.1) is 5.56 Å². The summed E-state index contributed by atoms with van der Waals surface area (Å²) in [5.41, 5.74) is 3.07. The molecule has 0 unspecified atom stereocenters. The van der Waals surface area contributed by atoms with Crippen LogP contribution >= 0.6 is 0 Å². The highest BCUT2D eigenvalue weighted by Gasteiger charge is 2.06. The number of para-hydroxylation sites is 1. The summed E-state index contributed by atoms with van der Waals surface area (Å²) >= 11 is 0. The number of hydrogen-bond acceptors (Lipinski definition) is 2. The van der Waals surface area contributed by atoms with E-state index in [4.69, 9.17) is 0 Å². The van der Waals surface area contributed by atoms with Crippen molar-refractivity contribution in [2.75, 3.05) is 0 Å². The zero-order valence-corrected chi connectivity index (χ0v) is 13.5. The monoisotopic (exact) mass is 324 g/mol. The fraction of sp³-hybridized carbons (Fsp3) is 0. The lowest BCUT2D eigenvalue weighted by Crippen LogP contribution is -1.94. The van der Waals surface area contributed by atoms with Crippen LogP contribution < -0.4 is 0 Å². The van der Waals surface area contributed by atoms with E-state index in [1.54, 1.807) is 24.3 Å². The second kappa shape index (κ2) is 7.81. The summed E-state index contributed by atoms with van der Waals surface area (Å²) in [6, 6.07) is 24.0. The third kappa shape index (κ3) is 4.46. The summed E-state index contributed by atoms with van der Waals surface area (Å²) < 4.78 is 0. The van der Waals surface area contributed by atoms with Gasteiger partial charge in [0.2, 0.25) is 0 Å². The molecule has 1 N–H and O–H groups in total. The third-order valence-corrected chi connectivity index (χ3v) is 3.63. The molecule has 0 aliphatic carbocycles. The number of carbonyl (C=O) groups excluding carboxylic acids is 1. The molecule has 0 aliphatic rings. The van der Waals surface area contributed by atoms with Gasteiger partial charge in [0.1, 0.15) is 5.75 Å². The zero-order valence-electron chi connectivity index (χ0n) is 13.5. The van der Waals surface area contributed by atoms with Crippen LogP contribution in [-0.2, 0) is 0 Å². The van der Waals surface area contributed by atoms with Crippen LogP contribution in [0.1, 0.15) is 27.0 Å². The average Bonchev–Trinajstić information content (AvgIpc) is 2.66. The molecule has 0 amide bonds. The lowest BCUT2D eigenvalue weighted by atomic mass is 10.1. The van der Waals surface area contributed by atoms with E-state index in [-0.39, 0.29) is 11.5 Å². The van der Waals surface area contributed by atoms with E-state index in [2.05, 4.69) is 11.8 Å². The molecule has 3 aromatic rings. The molecule has 120 valence electrons. The van der Waals surface area contributed by atoms with Crippen LogP contribution in [0.5, 0.6) is 5.75 Å². The minimum absolute atomic E-state index is 0.0105. The number of benzene rings is 3. The summed E-state index contributed by atoms with van der Waals surface area (Å²) in [4.78, 5) is 12.1. The summed E-state index contributed by atoms with van der Waals surface area (Å²) in [7, 11) is 0. The number of aromatic hydroxyl groups is 1. The van der Waals surface area contributed by atoms with E-state index in [1.807, 2.05) is 54.6 Å². The van der Waals surface area contributed by atoms with Crippen molar-refractivity contribution in [3.05, 3.63) is 107 Å². The van der Waals surface area contributed by atoms with Gasteiger partial charge in [-0.3, -0.25) is 4.79 Å². The first-order valence-corrected chi connectivity index (χ1v) is 7.90. The van der Waals surface area contributed by atoms with Crippen LogP contribution in [0.4, 0.5) is 0 Å². The van der Waals surface area contributed by atoms with Crippen molar-refractivity contribution < 1.29 is 9.90 Å². The Kier molecular flexibility index (Phi) is 5.09. The molecule has 3 rings (SSSR count). The molecular formula is C23H16O2. The Morgan fingerprint density at radius 1 is 0.760 bits per heavy atom. The molecule has 0 aromatic heterocycles. The highest BCUT2D eigenvalue weighted by molar-refractivity contribution is 6.08. The molecule has 0 radical (unpaired) electrons. The Hall–Kier alpha value is -3.57. The van der Waals surface area contributed by atoms with Crippen molar-refractivity contribution in [3.8, 4) is 17.6 Å². The highest BCUT2D eigenvalue weighted by atomic mass is 16.3. The number of hydrogen-bond donors (Lipinski definition) is 1. The van der Waals surface area contributed by atoms with Crippen LogP contribution in [0.3, 0.4) is 0 Å². The summed E-state index contributed by atoms with van der Waals surface area (Å²) in [5.74, 6) is 5.98. The van der Waals surface area contributed by atoms with Crippen LogP contribution in [0, 0.1) is 11.8 Å². The van der Waals surface area contributed by atoms with E-state index in [0.29, 0.717) is 5.56 Å². The summed E-state index contributed by atoms with van der Waals surface area (Å²) in [6.07, 6.45) is 3.18. The van der Waals surface area contributed by atoms with E-state index >= 15 is 0 Å². The van der Waals surface area contributed by atoms with E-state index in [1.165, 1.54) is 12.1 Å². The SMILES string of the molecule is O=C(/C=C/c1ccc(C#Cc2ccccc2)cc1)c1ccccc1O. The first-order chi connectivity index (χ1) is 12.2. The zero-order chi connectivity index (χ0) is 17.5. The molecule has 0 aliphatic heterocycles. The molecule has 25 heavy (non-hydrogen) atoms. The van der Waals surface area contributed by atoms with Crippen LogP contribution in [0.2, 0.25) is 0 Å². The lowest BCUT2D eigenvalue weighted by Gasteiger charge is -1.99. The Bertz CT molecular complexity index is 956. The largest absolute Gasteiger partial charge is 0.507 e. The number of ketones is 1. The standard InChI is InChI=1S/C23H16O2/c24-22-9-5-4-8-21(22)23(25)17-16-20-14-12-19(13-15-20)11-10-18-6-2-1-3-7-18/h1-9,12-17,24H/b17-16+. The normalized spacial score (nSPS) is 10.2. The minimum Gasteiger partial charge on any atom is -0.507 e. The van der Waals surface area contributed by atoms with Gasteiger partial charge in [-0.2, -0.15) is 0 Å². The fourth-order valence-corrected chi connectivity index (χ4v) is 2.29. The molecule has 0 fully saturated rings. The van der Waals surface area contributed by atoms with Crippen molar-refractivity contribution >= 4 is 11.9 Å². The van der Waals surface area contributed by atoms with E-state index in [0.717, 1.165) is 16.7 Å². The van der Waals surface area contributed by atoms with Gasteiger partial charge in [-0.1, -0.05) is 60.4 Å². The van der Waals surface area contributed by atoms with E-state index < -0.39 is 0 Å². The number of allylic oxidation sites excluding steroid dienone is 1. The van der Waals surface area contributed by atoms with Crippen molar-refractivity contribution in [3.63, 3.8) is 0 Å². The van der Waals surface area contributed by atoms with Crippen LogP contribution in [0.25, 0.3) is 6.08 Å². The van der Waals surface area contributed by atoms with Gasteiger partial charge in [-0.15, -0.1) is 0 Å². The third-order valence-electron chi connectivity index (χ3n) is 3.63. The van der Waals surface area contributed by atoms with Gasteiger partial charge in [0, 0.05) is 11.1 Å². The van der Waals surface area contributed by atoms with E-state index in [9.17, 15) is 9.90 Å². The predicted octanol–water partition coefficient (Wildman–Crippen LogP) is 4.69. The molecule has 0 heterocycles. The van der Waals surface area contributed by atoms with Gasteiger partial charge >= 0.3 is 0 Å². The highest BCUT2D eigenvalue weighted by Crippen LogP contribution is 2.17. The lowest BCUT2D eigenvalue weighted by molar-refractivity contribution is 0.104. The average molecular weight is 324 g/mol. The second-order valence-electron chi connectivity index (χ2n) is 5.45. The Balaban J connectivity index is 1.70. The number of phenols is 1. The van der Waals surface area contributed by atoms with Gasteiger partial charge in [0.25, 0.3) is 0 Å². The topological polar surface area (TPSA) is 37.3 Å². The molecule has 0 saturated heterocycles. The number of carbonyl (C=O) groups is 1. The maximum Gasteiger partial charge on any atom is 0.189 e. The smallest absolute Gasteiger partial charge is 0.189 e. The molecule has 0 spiro atoms. The molecule has 0 atom stereocenters. The quantitative estimate of drug-likeness (QED) is 0.431. The number of phenolic OH excluding ortho intramolecular Hbond substituents is 1. The van der Waals surface area contributed by atoms with Crippen LogP contribution in [0.15, 0.2) is 84.9 Å². The molecule has 3 aromatic carbocycles. The first-order valence-electron chi connectivity index (χ1n) is 7.90. The van der Waals surface area contributed by atoms with Crippen molar-refractivity contribution in [1.82, 2.24) is 0 Å². The molecule has 2 nitrogen and oxygen atoms in total. The number of rotatable bonds is 3. The Morgan fingerprint density at radius 3 is 2.04 bits per heavy atom. The van der Waals surface area contributed by atoms with Crippen LogP contribution in [-0.4, -0.2) is 10.9 Å². The summed E-state index contributed by atoms with van der Waals surface area (Å²) in [6.45, 7) is 0. The Labute approximate surface area is 147 Å². The predicted molar refractivity (Wildman–Crippen MR) is 100 cm³/mol. The minimum atomic E-state index is -0.231. The molecule has 0 saturated carbocycles. The second-order valence-corrected chi connectivity index (χ2v) is 5.45.